The Morgan fingerprint density at radius 2 is 2.30 bits per heavy atom. The second-order valence-electron chi connectivity index (χ2n) is 6.65. The van der Waals surface area contributed by atoms with Crippen LogP contribution in [0.3, 0.4) is 0 Å². The average Bonchev–Trinajstić information content (AvgIpc) is 3.37. The summed E-state index contributed by atoms with van der Waals surface area (Å²) in [4.78, 5) is 19.7. The molecule has 1 amide bonds. The Morgan fingerprint density at radius 1 is 1.44 bits per heavy atom. The van der Waals surface area contributed by atoms with Gasteiger partial charge in [0.15, 0.2) is 10.8 Å². The number of thiazole rings is 1. The molecule has 1 aliphatic heterocycles. The molecule has 0 radical (unpaired) electrons. The van der Waals surface area contributed by atoms with Crippen molar-refractivity contribution in [3.05, 3.63) is 40.7 Å². The SMILES string of the molecule is CCn1nc(C(=O)N(CC2CCCO2)c2nc3ccc(Cl)cc3s2)cc1C. The summed E-state index contributed by atoms with van der Waals surface area (Å²) in [5.74, 6) is -0.147. The van der Waals surface area contributed by atoms with Gasteiger partial charge in [-0.2, -0.15) is 5.10 Å². The number of halogens is 1. The van der Waals surface area contributed by atoms with Crippen LogP contribution in [0, 0.1) is 6.92 Å². The number of amides is 1. The summed E-state index contributed by atoms with van der Waals surface area (Å²) in [7, 11) is 0. The van der Waals surface area contributed by atoms with Gasteiger partial charge in [0.05, 0.1) is 22.9 Å². The Morgan fingerprint density at radius 3 is 3.00 bits per heavy atom. The summed E-state index contributed by atoms with van der Waals surface area (Å²) in [6.07, 6.45) is 1.99. The summed E-state index contributed by atoms with van der Waals surface area (Å²) in [5.41, 5.74) is 2.23. The van der Waals surface area contributed by atoms with Gasteiger partial charge in [-0.3, -0.25) is 14.4 Å². The van der Waals surface area contributed by atoms with E-state index in [0.717, 1.165) is 41.9 Å². The quantitative estimate of drug-likeness (QED) is 0.636. The predicted octanol–water partition coefficient (Wildman–Crippen LogP) is 4.30. The second kappa shape index (κ2) is 7.58. The molecule has 3 aromatic rings. The fourth-order valence-corrected chi connectivity index (χ4v) is 4.56. The molecule has 0 bridgehead atoms. The molecule has 1 fully saturated rings. The van der Waals surface area contributed by atoms with E-state index in [1.165, 1.54) is 11.3 Å². The van der Waals surface area contributed by atoms with Gasteiger partial charge in [-0.05, 0) is 51.0 Å². The van der Waals surface area contributed by atoms with Crippen molar-refractivity contribution < 1.29 is 9.53 Å². The van der Waals surface area contributed by atoms with Crippen LogP contribution in [0.25, 0.3) is 10.2 Å². The molecule has 1 aliphatic rings. The first-order valence-electron chi connectivity index (χ1n) is 9.09. The van der Waals surface area contributed by atoms with Crippen LogP contribution < -0.4 is 4.90 Å². The van der Waals surface area contributed by atoms with Crippen LogP contribution in [0.4, 0.5) is 5.13 Å². The molecular formula is C19H21ClN4O2S. The lowest BCUT2D eigenvalue weighted by molar-refractivity contribution is 0.0912. The summed E-state index contributed by atoms with van der Waals surface area (Å²) < 4.78 is 8.56. The Kier molecular flexibility index (Phi) is 5.16. The first kappa shape index (κ1) is 18.4. The lowest BCUT2D eigenvalue weighted by Gasteiger charge is -2.22. The van der Waals surface area contributed by atoms with Gasteiger partial charge >= 0.3 is 0 Å². The number of aromatic nitrogens is 3. The topological polar surface area (TPSA) is 60.2 Å². The molecule has 0 saturated carbocycles. The first-order valence-corrected chi connectivity index (χ1v) is 10.3. The van der Waals surface area contributed by atoms with Crippen molar-refractivity contribution >= 4 is 44.2 Å². The molecule has 0 N–H and O–H groups in total. The molecule has 1 aromatic carbocycles. The van der Waals surface area contributed by atoms with Crippen LogP contribution in [-0.4, -0.2) is 39.9 Å². The zero-order chi connectivity index (χ0) is 19.0. The summed E-state index contributed by atoms with van der Waals surface area (Å²) >= 11 is 7.57. The molecular weight excluding hydrogens is 384 g/mol. The minimum Gasteiger partial charge on any atom is -0.376 e. The summed E-state index contributed by atoms with van der Waals surface area (Å²) in [5, 5.41) is 5.77. The van der Waals surface area contributed by atoms with Gasteiger partial charge in [-0.25, -0.2) is 4.98 Å². The van der Waals surface area contributed by atoms with Crippen LogP contribution >= 0.6 is 22.9 Å². The van der Waals surface area contributed by atoms with E-state index >= 15 is 0 Å². The van der Waals surface area contributed by atoms with Gasteiger partial charge in [0.2, 0.25) is 0 Å². The fraction of sp³-hybridized carbons (Fsp3) is 0.421. The number of benzene rings is 1. The largest absolute Gasteiger partial charge is 0.376 e. The highest BCUT2D eigenvalue weighted by molar-refractivity contribution is 7.22. The average molecular weight is 405 g/mol. The molecule has 6 nitrogen and oxygen atoms in total. The minimum absolute atomic E-state index is 0.0268. The summed E-state index contributed by atoms with van der Waals surface area (Å²) in [6, 6.07) is 7.40. The second-order valence-corrected chi connectivity index (χ2v) is 8.09. The number of hydrogen-bond donors (Lipinski definition) is 0. The lowest BCUT2D eigenvalue weighted by Crippen LogP contribution is -2.37. The van der Waals surface area contributed by atoms with E-state index in [1.807, 2.05) is 42.8 Å². The molecule has 8 heteroatoms. The molecule has 1 atom stereocenters. The van der Waals surface area contributed by atoms with Crippen molar-refractivity contribution in [2.45, 2.75) is 39.3 Å². The van der Waals surface area contributed by atoms with E-state index < -0.39 is 0 Å². The maximum absolute atomic E-state index is 13.3. The molecule has 27 heavy (non-hydrogen) atoms. The molecule has 0 aliphatic carbocycles. The minimum atomic E-state index is -0.147. The first-order chi connectivity index (χ1) is 13.0. The third-order valence-electron chi connectivity index (χ3n) is 4.73. The van der Waals surface area contributed by atoms with E-state index in [-0.39, 0.29) is 12.0 Å². The Hall–Kier alpha value is -1.96. The van der Waals surface area contributed by atoms with E-state index in [0.29, 0.717) is 22.4 Å². The molecule has 1 saturated heterocycles. The molecule has 4 rings (SSSR count). The van der Waals surface area contributed by atoms with Crippen molar-refractivity contribution in [3.8, 4) is 0 Å². The van der Waals surface area contributed by atoms with Gasteiger partial charge < -0.3 is 4.74 Å². The Bertz CT molecular complexity index is 977. The van der Waals surface area contributed by atoms with Crippen molar-refractivity contribution in [1.29, 1.82) is 0 Å². The van der Waals surface area contributed by atoms with Crippen LogP contribution in [0.1, 0.15) is 35.9 Å². The number of hydrogen-bond acceptors (Lipinski definition) is 5. The van der Waals surface area contributed by atoms with Crippen molar-refractivity contribution in [3.63, 3.8) is 0 Å². The molecule has 2 aromatic heterocycles. The maximum atomic E-state index is 13.3. The van der Waals surface area contributed by atoms with Gasteiger partial charge in [0.25, 0.3) is 5.91 Å². The van der Waals surface area contributed by atoms with E-state index in [9.17, 15) is 4.79 Å². The molecule has 0 spiro atoms. The highest BCUT2D eigenvalue weighted by atomic mass is 35.5. The van der Waals surface area contributed by atoms with Crippen LogP contribution in [0.5, 0.6) is 0 Å². The van der Waals surface area contributed by atoms with Gasteiger partial charge in [0, 0.05) is 23.9 Å². The summed E-state index contributed by atoms with van der Waals surface area (Å²) in [6.45, 7) is 5.91. The lowest BCUT2D eigenvalue weighted by atomic mass is 10.2. The van der Waals surface area contributed by atoms with Gasteiger partial charge in [-0.1, -0.05) is 22.9 Å². The van der Waals surface area contributed by atoms with Crippen LogP contribution in [0.2, 0.25) is 5.02 Å². The molecule has 1 unspecified atom stereocenters. The number of fused-ring (bicyclic) bond motifs is 1. The van der Waals surface area contributed by atoms with Crippen LogP contribution in [0.15, 0.2) is 24.3 Å². The molecule has 3 heterocycles. The van der Waals surface area contributed by atoms with Gasteiger partial charge in [0.1, 0.15) is 0 Å². The number of ether oxygens (including phenoxy) is 1. The number of nitrogens with zero attached hydrogens (tertiary/aromatic N) is 4. The third-order valence-corrected chi connectivity index (χ3v) is 6.00. The smallest absolute Gasteiger partial charge is 0.280 e. The molecule has 142 valence electrons. The fourth-order valence-electron chi connectivity index (χ4n) is 3.31. The van der Waals surface area contributed by atoms with E-state index in [2.05, 4.69) is 10.1 Å². The van der Waals surface area contributed by atoms with Gasteiger partial charge in [-0.15, -0.1) is 0 Å². The monoisotopic (exact) mass is 404 g/mol. The predicted molar refractivity (Wildman–Crippen MR) is 108 cm³/mol. The van der Waals surface area contributed by atoms with Crippen molar-refractivity contribution in [1.82, 2.24) is 14.8 Å². The van der Waals surface area contributed by atoms with E-state index in [4.69, 9.17) is 16.3 Å². The van der Waals surface area contributed by atoms with Crippen molar-refractivity contribution in [2.24, 2.45) is 0 Å². The Balaban J connectivity index is 1.71. The Labute approximate surface area is 166 Å². The van der Waals surface area contributed by atoms with Crippen molar-refractivity contribution in [2.75, 3.05) is 18.1 Å². The number of rotatable bonds is 5. The maximum Gasteiger partial charge on any atom is 0.280 e. The normalized spacial score (nSPS) is 16.9. The zero-order valence-electron chi connectivity index (χ0n) is 15.3. The number of carbonyl (C=O) groups excluding carboxylic acids is 1. The number of carbonyl (C=O) groups is 1. The van der Waals surface area contributed by atoms with Crippen LogP contribution in [-0.2, 0) is 11.3 Å². The van der Waals surface area contributed by atoms with E-state index in [1.54, 1.807) is 4.90 Å². The zero-order valence-corrected chi connectivity index (χ0v) is 16.9. The number of anilines is 1. The number of aryl methyl sites for hydroxylation is 2. The third kappa shape index (κ3) is 3.72. The highest BCUT2D eigenvalue weighted by Crippen LogP contribution is 2.32. The standard InChI is InChI=1S/C19H21ClN4O2S/c1-3-24-12(2)9-16(22-24)18(25)23(11-14-5-4-8-26-14)19-21-15-7-6-13(20)10-17(15)27-19/h6-7,9-10,14H,3-5,8,11H2,1-2H3. The highest BCUT2D eigenvalue weighted by Gasteiger charge is 2.28.